The number of amides is 2. The summed E-state index contributed by atoms with van der Waals surface area (Å²) in [6, 6.07) is 10.7. The van der Waals surface area contributed by atoms with E-state index in [0.717, 1.165) is 0 Å². The van der Waals surface area contributed by atoms with Crippen molar-refractivity contribution in [2.75, 3.05) is 18.6 Å². The number of hydrogen-bond acceptors (Lipinski definition) is 5. The van der Waals surface area contributed by atoms with E-state index in [0.29, 0.717) is 22.6 Å². The Hall–Kier alpha value is -3.42. The molecule has 168 valence electrons. The van der Waals surface area contributed by atoms with Gasteiger partial charge in [0.1, 0.15) is 18.2 Å². The molecule has 0 spiro atoms. The lowest BCUT2D eigenvalue weighted by Crippen LogP contribution is -2.69. The fourth-order valence-electron chi connectivity index (χ4n) is 4.48. The van der Waals surface area contributed by atoms with Gasteiger partial charge in [0.25, 0.3) is 5.91 Å². The maximum Gasteiger partial charge on any atom is 0.354 e. The van der Waals surface area contributed by atoms with E-state index in [-0.39, 0.29) is 43.7 Å². The minimum absolute atomic E-state index is 0.0507. The van der Waals surface area contributed by atoms with E-state index >= 15 is 0 Å². The van der Waals surface area contributed by atoms with Gasteiger partial charge in [-0.15, -0.1) is 0 Å². The number of halogens is 1. The van der Waals surface area contributed by atoms with Crippen molar-refractivity contribution in [3.63, 3.8) is 0 Å². The van der Waals surface area contributed by atoms with E-state index in [2.05, 4.69) is 0 Å². The summed E-state index contributed by atoms with van der Waals surface area (Å²) in [7, 11) is 1.44. The minimum Gasteiger partial charge on any atom is -0.496 e. The SMILES string of the molecule is COc1ccc(F)cc1COC(=O)[C@]12CCC(=O)N1c1ccccc1C(=O)N2CC(C)C. The lowest BCUT2D eigenvalue weighted by atomic mass is 9.95. The van der Waals surface area contributed by atoms with E-state index in [1.807, 2.05) is 13.8 Å². The predicted octanol–water partition coefficient (Wildman–Crippen LogP) is 3.51. The zero-order valence-electron chi connectivity index (χ0n) is 18.3. The summed E-state index contributed by atoms with van der Waals surface area (Å²) in [5, 5.41) is 0. The van der Waals surface area contributed by atoms with Crippen LogP contribution in [0.3, 0.4) is 0 Å². The first-order chi connectivity index (χ1) is 15.3. The van der Waals surface area contributed by atoms with Crippen LogP contribution >= 0.6 is 0 Å². The molecule has 0 N–H and O–H groups in total. The first kappa shape index (κ1) is 21.8. The van der Waals surface area contributed by atoms with Gasteiger partial charge in [0, 0.05) is 24.9 Å². The molecule has 0 bridgehead atoms. The van der Waals surface area contributed by atoms with E-state index in [4.69, 9.17) is 9.47 Å². The van der Waals surface area contributed by atoms with Gasteiger partial charge in [-0.2, -0.15) is 0 Å². The number of fused-ring (bicyclic) bond motifs is 3. The van der Waals surface area contributed by atoms with E-state index in [1.165, 1.54) is 35.1 Å². The third-order valence-electron chi connectivity index (χ3n) is 5.85. The third kappa shape index (κ3) is 3.39. The van der Waals surface area contributed by atoms with Crippen molar-refractivity contribution in [2.24, 2.45) is 5.92 Å². The Labute approximate surface area is 185 Å². The van der Waals surface area contributed by atoms with Gasteiger partial charge in [0.15, 0.2) is 0 Å². The normalized spacial score (nSPS) is 19.8. The zero-order chi connectivity index (χ0) is 23.0. The lowest BCUT2D eigenvalue weighted by Gasteiger charge is -2.48. The molecular formula is C24H25FN2O5. The van der Waals surface area contributed by atoms with Gasteiger partial charge in [0.2, 0.25) is 11.6 Å². The molecule has 32 heavy (non-hydrogen) atoms. The molecular weight excluding hydrogens is 415 g/mol. The number of rotatable bonds is 6. The smallest absolute Gasteiger partial charge is 0.354 e. The molecule has 0 unspecified atom stereocenters. The molecule has 7 nitrogen and oxygen atoms in total. The van der Waals surface area contributed by atoms with Gasteiger partial charge >= 0.3 is 5.97 Å². The molecule has 1 atom stereocenters. The molecule has 0 aromatic heterocycles. The number of carbonyl (C=O) groups is 3. The maximum atomic E-state index is 13.7. The first-order valence-electron chi connectivity index (χ1n) is 10.5. The van der Waals surface area contributed by atoms with Gasteiger partial charge in [-0.3, -0.25) is 14.5 Å². The summed E-state index contributed by atoms with van der Waals surface area (Å²) in [6.07, 6.45) is 0.229. The van der Waals surface area contributed by atoms with Crippen LogP contribution in [0.25, 0.3) is 0 Å². The van der Waals surface area contributed by atoms with Gasteiger partial charge < -0.3 is 14.4 Å². The Bertz CT molecular complexity index is 1090. The highest BCUT2D eigenvalue weighted by Gasteiger charge is 2.61. The minimum atomic E-state index is -1.58. The Morgan fingerprint density at radius 2 is 1.94 bits per heavy atom. The summed E-state index contributed by atoms with van der Waals surface area (Å²) in [5.74, 6) is -1.36. The van der Waals surface area contributed by atoms with E-state index in [1.54, 1.807) is 24.3 Å². The second kappa shape index (κ2) is 8.26. The molecule has 2 aromatic carbocycles. The molecule has 4 rings (SSSR count). The van der Waals surface area contributed by atoms with Crippen LogP contribution in [0.5, 0.6) is 5.75 Å². The summed E-state index contributed by atoms with van der Waals surface area (Å²) >= 11 is 0. The van der Waals surface area contributed by atoms with Gasteiger partial charge in [0.05, 0.1) is 18.4 Å². The Balaban J connectivity index is 1.75. The monoisotopic (exact) mass is 440 g/mol. The predicted molar refractivity (Wildman–Crippen MR) is 115 cm³/mol. The Morgan fingerprint density at radius 1 is 1.19 bits per heavy atom. The number of carbonyl (C=O) groups excluding carboxylic acids is 3. The molecule has 0 aliphatic carbocycles. The number of ether oxygens (including phenoxy) is 2. The number of esters is 1. The van der Waals surface area contributed by atoms with Crippen molar-refractivity contribution in [1.29, 1.82) is 0 Å². The van der Waals surface area contributed by atoms with Gasteiger partial charge in [-0.1, -0.05) is 26.0 Å². The highest BCUT2D eigenvalue weighted by atomic mass is 19.1. The summed E-state index contributed by atoms with van der Waals surface area (Å²) in [4.78, 5) is 42.9. The van der Waals surface area contributed by atoms with Crippen LogP contribution in [0.2, 0.25) is 0 Å². The average molecular weight is 440 g/mol. The van der Waals surface area contributed by atoms with Crippen LogP contribution < -0.4 is 9.64 Å². The van der Waals surface area contributed by atoms with Crippen LogP contribution in [0.4, 0.5) is 10.1 Å². The summed E-state index contributed by atoms with van der Waals surface area (Å²) in [5.41, 5.74) is -0.446. The van der Waals surface area contributed by atoms with E-state index in [9.17, 15) is 18.8 Å². The highest BCUT2D eigenvalue weighted by Crippen LogP contribution is 2.45. The molecule has 2 aliphatic rings. The molecule has 1 fully saturated rings. The fraction of sp³-hybridized carbons (Fsp3) is 0.375. The van der Waals surface area contributed by atoms with Crippen LogP contribution in [0.1, 0.15) is 42.6 Å². The molecule has 0 radical (unpaired) electrons. The molecule has 2 aromatic rings. The molecule has 2 heterocycles. The number of benzene rings is 2. The average Bonchev–Trinajstić information content (AvgIpc) is 3.13. The number of para-hydroxylation sites is 1. The fourth-order valence-corrected chi connectivity index (χ4v) is 4.48. The number of nitrogens with zero attached hydrogens (tertiary/aromatic N) is 2. The summed E-state index contributed by atoms with van der Waals surface area (Å²) < 4.78 is 24.6. The Morgan fingerprint density at radius 3 is 2.66 bits per heavy atom. The second-order valence-electron chi connectivity index (χ2n) is 8.40. The molecule has 1 saturated heterocycles. The van der Waals surface area contributed by atoms with Crippen molar-refractivity contribution in [3.05, 3.63) is 59.4 Å². The van der Waals surface area contributed by atoms with Crippen molar-refractivity contribution in [1.82, 2.24) is 4.90 Å². The quantitative estimate of drug-likeness (QED) is 0.643. The van der Waals surface area contributed by atoms with Crippen molar-refractivity contribution in [2.45, 2.75) is 39.0 Å². The van der Waals surface area contributed by atoms with Gasteiger partial charge in [-0.05, 0) is 36.2 Å². The maximum absolute atomic E-state index is 13.7. The highest BCUT2D eigenvalue weighted by molar-refractivity contribution is 6.15. The summed E-state index contributed by atoms with van der Waals surface area (Å²) in [6.45, 7) is 3.89. The number of hydrogen-bond donors (Lipinski definition) is 0. The van der Waals surface area contributed by atoms with Crippen LogP contribution in [-0.4, -0.2) is 42.0 Å². The molecule has 8 heteroatoms. The van der Waals surface area contributed by atoms with Crippen molar-refractivity contribution in [3.8, 4) is 5.75 Å². The first-order valence-corrected chi connectivity index (χ1v) is 10.5. The van der Waals surface area contributed by atoms with Crippen LogP contribution in [-0.2, 0) is 20.9 Å². The van der Waals surface area contributed by atoms with Crippen molar-refractivity contribution >= 4 is 23.5 Å². The topological polar surface area (TPSA) is 76.1 Å². The lowest BCUT2D eigenvalue weighted by molar-refractivity contribution is -0.159. The van der Waals surface area contributed by atoms with Crippen molar-refractivity contribution < 1.29 is 28.2 Å². The standard InChI is InChI=1S/C24H25FN2O5/c1-15(2)13-26-22(29)18-6-4-5-7-19(18)27-21(28)10-11-24(26,27)23(30)32-14-16-12-17(25)8-9-20(16)31-3/h4-9,12,15H,10-11,13-14H2,1-3H3/t24-/m0/s1. The number of anilines is 1. The second-order valence-corrected chi connectivity index (χ2v) is 8.40. The zero-order valence-corrected chi connectivity index (χ0v) is 18.3. The van der Waals surface area contributed by atoms with Crippen LogP contribution in [0, 0.1) is 11.7 Å². The van der Waals surface area contributed by atoms with Crippen LogP contribution in [0.15, 0.2) is 42.5 Å². The number of methoxy groups -OCH3 is 1. The molecule has 2 amide bonds. The Kier molecular flexibility index (Phi) is 5.62. The third-order valence-corrected chi connectivity index (χ3v) is 5.85. The largest absolute Gasteiger partial charge is 0.496 e. The molecule has 0 saturated carbocycles. The van der Waals surface area contributed by atoms with E-state index < -0.39 is 17.4 Å². The van der Waals surface area contributed by atoms with Gasteiger partial charge in [-0.25, -0.2) is 9.18 Å². The molecule has 2 aliphatic heterocycles.